The number of hydrogen-bond donors (Lipinski definition) is 1. The number of hydrogen-bond acceptors (Lipinski definition) is 3. The number of rotatable bonds is 7. The van der Waals surface area contributed by atoms with Gasteiger partial charge in [-0.3, -0.25) is 9.59 Å². The molecule has 1 N–H and O–H groups in total. The van der Waals surface area contributed by atoms with E-state index in [0.717, 1.165) is 5.56 Å². The average Bonchev–Trinajstić information content (AvgIpc) is 2.56. The van der Waals surface area contributed by atoms with Crippen LogP contribution in [0.1, 0.15) is 11.1 Å². The summed E-state index contributed by atoms with van der Waals surface area (Å²) in [6.07, 6.45) is 0.270. The summed E-state index contributed by atoms with van der Waals surface area (Å²) in [5.74, 6) is -1.75. The predicted octanol–water partition coefficient (Wildman–Crippen LogP) is 3.58. The van der Waals surface area contributed by atoms with Crippen molar-refractivity contribution in [3.63, 3.8) is 0 Å². The van der Waals surface area contributed by atoms with Crippen molar-refractivity contribution < 1.29 is 18.7 Å². The van der Waals surface area contributed by atoms with Crippen LogP contribution < -0.4 is 5.32 Å². The number of nitrogens with one attached hydrogen (secondary N) is 1. The van der Waals surface area contributed by atoms with Crippen LogP contribution in [-0.4, -0.2) is 25.0 Å². The first kappa shape index (κ1) is 19.2. The quantitative estimate of drug-likeness (QED) is 0.743. The fourth-order valence-electron chi connectivity index (χ4n) is 2.13. The molecule has 2 rings (SSSR count). The molecule has 0 heterocycles. The highest BCUT2D eigenvalue weighted by Gasteiger charge is 2.14. The van der Waals surface area contributed by atoms with Gasteiger partial charge in [0.2, 0.25) is 0 Å². The fourth-order valence-corrected chi connectivity index (χ4v) is 2.58. The van der Waals surface area contributed by atoms with Crippen LogP contribution in [0.25, 0.3) is 0 Å². The van der Waals surface area contributed by atoms with Crippen molar-refractivity contribution >= 4 is 35.1 Å². The molecule has 4 nitrogen and oxygen atoms in total. The van der Waals surface area contributed by atoms with E-state index in [1.165, 1.54) is 18.2 Å². The number of carbonyl (C=O) groups is 2. The van der Waals surface area contributed by atoms with Gasteiger partial charge in [0.1, 0.15) is 5.82 Å². The lowest BCUT2D eigenvalue weighted by Gasteiger charge is -2.08. The maximum Gasteiger partial charge on any atom is 0.310 e. The van der Waals surface area contributed by atoms with Crippen LogP contribution in [0.2, 0.25) is 10.0 Å². The van der Waals surface area contributed by atoms with Gasteiger partial charge in [-0.05, 0) is 36.2 Å². The minimum atomic E-state index is -0.725. The SMILES string of the molecule is O=C(COC(=O)Cc1c(F)cccc1Cl)NCCc1cccc(Cl)c1. The Morgan fingerprint density at radius 1 is 1.12 bits per heavy atom. The molecule has 0 aromatic heterocycles. The van der Waals surface area contributed by atoms with Crippen molar-refractivity contribution in [2.45, 2.75) is 12.8 Å². The van der Waals surface area contributed by atoms with Gasteiger partial charge in [0.15, 0.2) is 6.61 Å². The molecule has 7 heteroatoms. The Balaban J connectivity index is 1.71. The topological polar surface area (TPSA) is 55.4 Å². The van der Waals surface area contributed by atoms with E-state index < -0.39 is 24.3 Å². The molecule has 0 aliphatic carbocycles. The molecule has 0 atom stereocenters. The lowest BCUT2D eigenvalue weighted by atomic mass is 10.1. The first-order valence-electron chi connectivity index (χ1n) is 7.55. The summed E-state index contributed by atoms with van der Waals surface area (Å²) < 4.78 is 18.4. The molecule has 0 saturated heterocycles. The molecule has 0 aliphatic rings. The number of carbonyl (C=O) groups excluding carboxylic acids is 2. The van der Waals surface area contributed by atoms with Gasteiger partial charge in [0.05, 0.1) is 6.42 Å². The molecule has 0 unspecified atom stereocenters. The molecular formula is C18H16Cl2FNO3. The van der Waals surface area contributed by atoms with Crippen molar-refractivity contribution in [1.29, 1.82) is 0 Å². The fraction of sp³-hybridized carbons (Fsp3) is 0.222. The number of benzene rings is 2. The monoisotopic (exact) mass is 383 g/mol. The molecule has 132 valence electrons. The summed E-state index contributed by atoms with van der Waals surface area (Å²) in [5.41, 5.74) is 1.04. The van der Waals surface area contributed by atoms with E-state index in [1.54, 1.807) is 6.07 Å². The van der Waals surface area contributed by atoms with E-state index in [-0.39, 0.29) is 17.0 Å². The third kappa shape index (κ3) is 6.36. The van der Waals surface area contributed by atoms with Crippen molar-refractivity contribution in [2.75, 3.05) is 13.2 Å². The summed E-state index contributed by atoms with van der Waals surface area (Å²) in [6.45, 7) is -0.0453. The average molecular weight is 384 g/mol. The van der Waals surface area contributed by atoms with Crippen LogP contribution in [0, 0.1) is 5.82 Å². The molecular weight excluding hydrogens is 368 g/mol. The standard InChI is InChI=1S/C18H16Cl2FNO3/c19-13-4-1-3-12(9-13)7-8-22-17(23)11-25-18(24)10-14-15(20)5-2-6-16(14)21/h1-6,9H,7-8,10-11H2,(H,22,23). The zero-order valence-corrected chi connectivity index (χ0v) is 14.7. The predicted molar refractivity (Wildman–Crippen MR) is 94.2 cm³/mol. The highest BCUT2D eigenvalue weighted by Crippen LogP contribution is 2.19. The van der Waals surface area contributed by atoms with E-state index >= 15 is 0 Å². The van der Waals surface area contributed by atoms with Crippen LogP contribution in [0.5, 0.6) is 0 Å². The van der Waals surface area contributed by atoms with Crippen LogP contribution in [-0.2, 0) is 27.2 Å². The van der Waals surface area contributed by atoms with Gasteiger partial charge in [-0.15, -0.1) is 0 Å². The number of ether oxygens (including phenoxy) is 1. The normalized spacial score (nSPS) is 10.4. The van der Waals surface area contributed by atoms with Crippen molar-refractivity contribution in [1.82, 2.24) is 5.32 Å². The maximum absolute atomic E-state index is 13.6. The third-order valence-corrected chi connectivity index (χ3v) is 3.96. The van der Waals surface area contributed by atoms with Gasteiger partial charge in [-0.1, -0.05) is 41.4 Å². The van der Waals surface area contributed by atoms with Crippen LogP contribution in [0.4, 0.5) is 4.39 Å². The second kappa shape index (κ2) is 9.39. The van der Waals surface area contributed by atoms with Gasteiger partial charge in [-0.2, -0.15) is 0 Å². The number of amides is 1. The number of halogens is 3. The maximum atomic E-state index is 13.6. The van der Waals surface area contributed by atoms with E-state index in [0.29, 0.717) is 18.0 Å². The molecule has 0 spiro atoms. The summed E-state index contributed by atoms with van der Waals surface area (Å²) >= 11 is 11.7. The largest absolute Gasteiger partial charge is 0.455 e. The summed E-state index contributed by atoms with van der Waals surface area (Å²) in [7, 11) is 0. The van der Waals surface area contributed by atoms with Crippen molar-refractivity contribution in [3.8, 4) is 0 Å². The Morgan fingerprint density at radius 3 is 2.60 bits per heavy atom. The Bertz CT molecular complexity index is 747. The minimum absolute atomic E-state index is 0.0514. The molecule has 0 fully saturated rings. The van der Waals surface area contributed by atoms with Crippen molar-refractivity contribution in [3.05, 3.63) is 69.5 Å². The van der Waals surface area contributed by atoms with Crippen molar-refractivity contribution in [2.24, 2.45) is 0 Å². The van der Waals surface area contributed by atoms with E-state index in [1.807, 2.05) is 18.2 Å². The zero-order valence-electron chi connectivity index (χ0n) is 13.2. The van der Waals surface area contributed by atoms with E-state index in [9.17, 15) is 14.0 Å². The molecule has 0 aliphatic heterocycles. The zero-order chi connectivity index (χ0) is 18.2. The van der Waals surface area contributed by atoms with Gasteiger partial charge in [-0.25, -0.2) is 4.39 Å². The van der Waals surface area contributed by atoms with E-state index in [2.05, 4.69) is 5.32 Å². The van der Waals surface area contributed by atoms with E-state index in [4.69, 9.17) is 27.9 Å². The van der Waals surface area contributed by atoms with Gasteiger partial charge < -0.3 is 10.1 Å². The molecule has 0 saturated carbocycles. The highest BCUT2D eigenvalue weighted by atomic mass is 35.5. The smallest absolute Gasteiger partial charge is 0.310 e. The lowest BCUT2D eigenvalue weighted by molar-refractivity contribution is -0.147. The van der Waals surface area contributed by atoms with Gasteiger partial charge >= 0.3 is 5.97 Å². The van der Waals surface area contributed by atoms with Crippen LogP contribution in [0.3, 0.4) is 0 Å². The molecule has 2 aromatic carbocycles. The second-order valence-corrected chi connectivity index (χ2v) is 6.11. The summed E-state index contributed by atoms with van der Waals surface area (Å²) in [6, 6.07) is 11.4. The second-order valence-electron chi connectivity index (χ2n) is 5.27. The molecule has 0 bridgehead atoms. The number of esters is 1. The molecule has 25 heavy (non-hydrogen) atoms. The molecule has 0 radical (unpaired) electrons. The lowest BCUT2D eigenvalue weighted by Crippen LogP contribution is -2.30. The first-order chi connectivity index (χ1) is 12.0. The molecule has 2 aromatic rings. The first-order valence-corrected chi connectivity index (χ1v) is 8.31. The Kier molecular flexibility index (Phi) is 7.22. The Morgan fingerprint density at radius 2 is 1.88 bits per heavy atom. The third-order valence-electron chi connectivity index (χ3n) is 3.37. The summed E-state index contributed by atoms with van der Waals surface area (Å²) in [4.78, 5) is 23.4. The van der Waals surface area contributed by atoms with Gasteiger partial charge in [0, 0.05) is 22.2 Å². The molecule has 1 amide bonds. The highest BCUT2D eigenvalue weighted by molar-refractivity contribution is 6.31. The Labute approximate surface area is 154 Å². The summed E-state index contributed by atoms with van der Waals surface area (Å²) in [5, 5.41) is 3.40. The Hall–Kier alpha value is -2.11. The van der Waals surface area contributed by atoms with Gasteiger partial charge in [0.25, 0.3) is 5.91 Å². The van der Waals surface area contributed by atoms with Crippen LogP contribution >= 0.6 is 23.2 Å². The van der Waals surface area contributed by atoms with Crippen LogP contribution in [0.15, 0.2) is 42.5 Å². The minimum Gasteiger partial charge on any atom is -0.455 e.